The van der Waals surface area contributed by atoms with Crippen LogP contribution in [0.4, 0.5) is 0 Å². The van der Waals surface area contributed by atoms with Crippen LogP contribution >= 0.6 is 10.7 Å². The van der Waals surface area contributed by atoms with Crippen LogP contribution in [0.15, 0.2) is 0 Å². The Labute approximate surface area is 74.7 Å². The van der Waals surface area contributed by atoms with Crippen molar-refractivity contribution in [3.8, 4) is 0 Å². The SMILES string of the molecule is O=S(=O)(Cl)C12C3C4C5C3C1C5C42. The van der Waals surface area contributed by atoms with Crippen LogP contribution in [0.5, 0.6) is 0 Å². The van der Waals surface area contributed by atoms with Crippen molar-refractivity contribution in [2.24, 2.45) is 41.4 Å². The standard InChI is InChI=1S/C8H7ClO2S/c9-12(10,11)8-5-2-1-3(5)7(8)4(1)6(2)8/h1-7H. The molecule has 0 amide bonds. The van der Waals surface area contributed by atoms with Crippen molar-refractivity contribution in [2.75, 3.05) is 0 Å². The summed E-state index contributed by atoms with van der Waals surface area (Å²) in [5.74, 6) is 4.93. The zero-order valence-corrected chi connectivity index (χ0v) is 7.72. The van der Waals surface area contributed by atoms with Crippen molar-refractivity contribution < 1.29 is 8.42 Å². The van der Waals surface area contributed by atoms with Gasteiger partial charge in [0.05, 0.1) is 4.75 Å². The van der Waals surface area contributed by atoms with Gasteiger partial charge in [-0.05, 0) is 41.4 Å². The molecule has 6 fully saturated rings. The molecule has 64 valence electrons. The average Bonchev–Trinajstić information content (AvgIpc) is 2.03. The third-order valence-corrected chi connectivity index (χ3v) is 8.27. The topological polar surface area (TPSA) is 34.1 Å². The normalized spacial score (nSPS) is 83.6. The summed E-state index contributed by atoms with van der Waals surface area (Å²) in [6, 6.07) is 0. The van der Waals surface area contributed by atoms with Crippen LogP contribution < -0.4 is 0 Å². The quantitative estimate of drug-likeness (QED) is 0.586. The first-order valence-electron chi connectivity index (χ1n) is 4.56. The molecule has 6 rings (SSSR count). The summed E-state index contributed by atoms with van der Waals surface area (Å²) in [6.07, 6.45) is 0. The lowest BCUT2D eigenvalue weighted by molar-refractivity contribution is -0.546. The first-order valence-corrected chi connectivity index (χ1v) is 6.87. The van der Waals surface area contributed by atoms with Gasteiger partial charge in [-0.3, -0.25) is 0 Å². The molecule has 0 heterocycles. The highest BCUT2D eigenvalue weighted by atomic mass is 35.7. The number of halogens is 1. The van der Waals surface area contributed by atoms with Crippen LogP contribution in [-0.4, -0.2) is 13.2 Å². The van der Waals surface area contributed by atoms with Gasteiger partial charge in [-0.25, -0.2) is 8.42 Å². The summed E-state index contributed by atoms with van der Waals surface area (Å²) in [5, 5.41) is 0. The van der Waals surface area contributed by atoms with Gasteiger partial charge in [-0.1, -0.05) is 0 Å². The van der Waals surface area contributed by atoms with E-state index in [-0.39, 0.29) is 4.75 Å². The second-order valence-electron chi connectivity index (χ2n) is 5.18. The Morgan fingerprint density at radius 3 is 1.58 bits per heavy atom. The Hall–Kier alpha value is 0.240. The second-order valence-corrected chi connectivity index (χ2v) is 7.98. The van der Waals surface area contributed by atoms with Gasteiger partial charge in [0, 0.05) is 10.7 Å². The third-order valence-electron chi connectivity index (χ3n) is 5.81. The third kappa shape index (κ3) is 0.219. The lowest BCUT2D eigenvalue weighted by atomic mass is 9.01. The minimum Gasteiger partial charge on any atom is -0.212 e. The molecule has 6 saturated carbocycles. The van der Waals surface area contributed by atoms with E-state index in [1.807, 2.05) is 0 Å². The molecule has 0 unspecified atom stereocenters. The summed E-state index contributed by atoms with van der Waals surface area (Å²) < 4.78 is 22.4. The molecular weight excluding hydrogens is 196 g/mol. The molecule has 0 bridgehead atoms. The Morgan fingerprint density at radius 1 is 0.917 bits per heavy atom. The van der Waals surface area contributed by atoms with Gasteiger partial charge >= 0.3 is 0 Å². The largest absolute Gasteiger partial charge is 0.239 e. The van der Waals surface area contributed by atoms with E-state index < -0.39 is 9.05 Å². The molecule has 0 aromatic heterocycles. The van der Waals surface area contributed by atoms with Crippen LogP contribution in [0, 0.1) is 41.4 Å². The van der Waals surface area contributed by atoms with Crippen LogP contribution in [0.1, 0.15) is 0 Å². The van der Waals surface area contributed by atoms with Gasteiger partial charge in [0.15, 0.2) is 0 Å². The van der Waals surface area contributed by atoms with Crippen molar-refractivity contribution in [2.45, 2.75) is 4.75 Å². The van der Waals surface area contributed by atoms with Gasteiger partial charge in [-0.2, -0.15) is 0 Å². The molecule has 0 spiro atoms. The minimum atomic E-state index is -3.24. The van der Waals surface area contributed by atoms with Gasteiger partial charge in [0.1, 0.15) is 0 Å². The number of rotatable bonds is 1. The first-order chi connectivity index (χ1) is 5.62. The minimum absolute atomic E-state index is 0.358. The Kier molecular flexibility index (Phi) is 0.521. The summed E-state index contributed by atoms with van der Waals surface area (Å²) in [5.41, 5.74) is 0. The predicted molar refractivity (Wildman–Crippen MR) is 41.9 cm³/mol. The monoisotopic (exact) mass is 202 g/mol. The molecule has 0 aromatic carbocycles. The maximum Gasteiger partial charge on any atom is 0.239 e. The van der Waals surface area contributed by atoms with Crippen molar-refractivity contribution in [3.05, 3.63) is 0 Å². The molecule has 6 aliphatic rings. The van der Waals surface area contributed by atoms with Crippen molar-refractivity contribution in [1.82, 2.24) is 0 Å². The molecule has 0 atom stereocenters. The Balaban J connectivity index is 1.81. The molecule has 0 saturated heterocycles. The zero-order chi connectivity index (χ0) is 8.04. The van der Waals surface area contributed by atoms with E-state index in [0.29, 0.717) is 17.8 Å². The maximum atomic E-state index is 11.4. The smallest absolute Gasteiger partial charge is 0.212 e. The lowest BCUT2D eigenvalue weighted by Crippen LogP contribution is -3.09. The fourth-order valence-corrected chi connectivity index (χ4v) is 8.66. The Bertz CT molecular complexity index is 389. The number of hydrogen-bond donors (Lipinski definition) is 0. The van der Waals surface area contributed by atoms with Crippen LogP contribution in [0.3, 0.4) is 0 Å². The highest BCUT2D eigenvalue weighted by Crippen LogP contribution is 3.04. The molecule has 0 aromatic rings. The van der Waals surface area contributed by atoms with Crippen molar-refractivity contribution in [1.29, 1.82) is 0 Å². The van der Waals surface area contributed by atoms with Gasteiger partial charge in [-0.15, -0.1) is 0 Å². The van der Waals surface area contributed by atoms with Crippen LogP contribution in [0.2, 0.25) is 0 Å². The van der Waals surface area contributed by atoms with E-state index in [1.165, 1.54) is 0 Å². The average molecular weight is 203 g/mol. The van der Waals surface area contributed by atoms with Gasteiger partial charge in [0.2, 0.25) is 9.05 Å². The maximum absolute atomic E-state index is 11.4. The lowest BCUT2D eigenvalue weighted by Gasteiger charge is -3.06. The van der Waals surface area contributed by atoms with E-state index >= 15 is 0 Å². The van der Waals surface area contributed by atoms with Gasteiger partial charge < -0.3 is 0 Å². The molecule has 2 nitrogen and oxygen atoms in total. The van der Waals surface area contributed by atoms with Crippen LogP contribution in [-0.2, 0) is 9.05 Å². The van der Waals surface area contributed by atoms with E-state index in [0.717, 1.165) is 23.7 Å². The second kappa shape index (κ2) is 1.07. The van der Waals surface area contributed by atoms with Crippen LogP contribution in [0.25, 0.3) is 0 Å². The molecule has 0 N–H and O–H groups in total. The van der Waals surface area contributed by atoms with E-state index in [2.05, 4.69) is 0 Å². The highest BCUT2D eigenvalue weighted by Gasteiger charge is 3.07. The molecule has 6 aliphatic carbocycles. The summed E-state index contributed by atoms with van der Waals surface area (Å²) in [4.78, 5) is 0. The molecular formula is C8H7ClO2S. The summed E-state index contributed by atoms with van der Waals surface area (Å²) in [6.45, 7) is 0. The molecule has 12 heavy (non-hydrogen) atoms. The molecule has 0 radical (unpaired) electrons. The summed E-state index contributed by atoms with van der Waals surface area (Å²) >= 11 is 0. The molecule has 4 heteroatoms. The van der Waals surface area contributed by atoms with E-state index in [4.69, 9.17) is 10.7 Å². The highest BCUT2D eigenvalue weighted by molar-refractivity contribution is 8.15. The van der Waals surface area contributed by atoms with E-state index in [1.54, 1.807) is 0 Å². The molecule has 0 aliphatic heterocycles. The van der Waals surface area contributed by atoms with Gasteiger partial charge in [0.25, 0.3) is 0 Å². The Morgan fingerprint density at radius 2 is 1.33 bits per heavy atom. The van der Waals surface area contributed by atoms with Crippen molar-refractivity contribution in [3.63, 3.8) is 0 Å². The fraction of sp³-hybridized carbons (Fsp3) is 1.00. The summed E-state index contributed by atoms with van der Waals surface area (Å²) in [7, 11) is 2.28. The predicted octanol–water partition coefficient (Wildman–Crippen LogP) is 0.675. The fourth-order valence-electron chi connectivity index (χ4n) is 5.81. The van der Waals surface area contributed by atoms with E-state index in [9.17, 15) is 8.42 Å². The van der Waals surface area contributed by atoms with Crippen molar-refractivity contribution >= 4 is 19.7 Å². The zero-order valence-electron chi connectivity index (χ0n) is 6.14. The first kappa shape index (κ1) is 5.86. The number of hydrogen-bond acceptors (Lipinski definition) is 2.